The molecule has 0 saturated heterocycles. The van der Waals surface area contributed by atoms with E-state index in [4.69, 9.17) is 15.9 Å². The summed E-state index contributed by atoms with van der Waals surface area (Å²) in [5, 5.41) is 9.46. The first-order valence-electron chi connectivity index (χ1n) is 4.96. The molecule has 5 nitrogen and oxygen atoms in total. The molecule has 1 rings (SSSR count). The van der Waals surface area contributed by atoms with Crippen LogP contribution in [0.3, 0.4) is 0 Å². The summed E-state index contributed by atoms with van der Waals surface area (Å²) in [6, 6.07) is 9.42. The smallest absolute Gasteiger partial charge is 0.407 e. The van der Waals surface area contributed by atoms with Crippen LogP contribution in [0.4, 0.5) is 4.79 Å². The summed E-state index contributed by atoms with van der Waals surface area (Å²) in [6.45, 7) is 0.565. The van der Waals surface area contributed by atoms with Crippen molar-refractivity contribution in [3.8, 4) is 0 Å². The zero-order chi connectivity index (χ0) is 11.8. The number of carbonyl (C=O) groups excluding carboxylic acids is 1. The fourth-order valence-electron chi connectivity index (χ4n) is 1.07. The van der Waals surface area contributed by atoms with Crippen LogP contribution in [-0.4, -0.2) is 18.5 Å². The van der Waals surface area contributed by atoms with E-state index < -0.39 is 6.09 Å². The number of ether oxygens (including phenoxy) is 1. The summed E-state index contributed by atoms with van der Waals surface area (Å²) in [7, 11) is 0. The molecule has 1 aromatic carbocycles. The van der Waals surface area contributed by atoms with Gasteiger partial charge in [0.1, 0.15) is 6.61 Å². The maximum Gasteiger partial charge on any atom is 0.407 e. The summed E-state index contributed by atoms with van der Waals surface area (Å²) >= 11 is 0. The Kier molecular flexibility index (Phi) is 4.85. The lowest BCUT2D eigenvalue weighted by Gasteiger charge is -2.06. The minimum Gasteiger partial charge on any atom is -0.445 e. The van der Waals surface area contributed by atoms with Gasteiger partial charge in [-0.2, -0.15) is 0 Å². The molecule has 0 aliphatic rings. The number of rotatable bonds is 5. The lowest BCUT2D eigenvalue weighted by atomic mass is 10.2. The van der Waals surface area contributed by atoms with Crippen molar-refractivity contribution in [3.63, 3.8) is 0 Å². The van der Waals surface area contributed by atoms with E-state index in [1.807, 2.05) is 30.3 Å². The fourth-order valence-corrected chi connectivity index (χ4v) is 1.07. The molecule has 4 N–H and O–H groups in total. The topological polar surface area (TPSA) is 88.2 Å². The van der Waals surface area contributed by atoms with Crippen LogP contribution < -0.4 is 11.1 Å². The van der Waals surface area contributed by atoms with Crippen LogP contribution in [-0.2, 0) is 11.3 Å². The average Bonchev–Trinajstić information content (AvgIpc) is 2.27. The van der Waals surface area contributed by atoms with Gasteiger partial charge in [0.2, 0.25) is 0 Å². The van der Waals surface area contributed by atoms with Gasteiger partial charge in [0.15, 0.2) is 0 Å². The van der Waals surface area contributed by atoms with Crippen LogP contribution in [0.1, 0.15) is 12.0 Å². The SMILES string of the molecule is N=C(N)CCNC(=O)OCc1ccccc1. The molecule has 86 valence electrons. The minimum atomic E-state index is -0.495. The molecule has 0 saturated carbocycles. The van der Waals surface area contributed by atoms with Gasteiger partial charge in [-0.3, -0.25) is 5.41 Å². The number of nitrogens with two attached hydrogens (primary N) is 1. The summed E-state index contributed by atoms with van der Waals surface area (Å²) in [4.78, 5) is 11.2. The summed E-state index contributed by atoms with van der Waals surface area (Å²) in [5.74, 6) is 0.0448. The molecule has 0 spiro atoms. The lowest BCUT2D eigenvalue weighted by Crippen LogP contribution is -2.28. The van der Waals surface area contributed by atoms with Gasteiger partial charge >= 0.3 is 6.09 Å². The van der Waals surface area contributed by atoms with E-state index in [2.05, 4.69) is 5.32 Å². The number of carbonyl (C=O) groups is 1. The molecule has 0 unspecified atom stereocenters. The Hall–Kier alpha value is -2.04. The number of hydrogen-bond acceptors (Lipinski definition) is 3. The third kappa shape index (κ3) is 4.99. The van der Waals surface area contributed by atoms with Gasteiger partial charge in [-0.15, -0.1) is 0 Å². The van der Waals surface area contributed by atoms with E-state index in [0.717, 1.165) is 5.56 Å². The molecule has 5 heteroatoms. The highest BCUT2D eigenvalue weighted by molar-refractivity contribution is 5.77. The van der Waals surface area contributed by atoms with E-state index in [0.29, 0.717) is 13.0 Å². The number of nitrogens with one attached hydrogen (secondary N) is 2. The van der Waals surface area contributed by atoms with Crippen molar-refractivity contribution >= 4 is 11.9 Å². The van der Waals surface area contributed by atoms with E-state index >= 15 is 0 Å². The van der Waals surface area contributed by atoms with Crippen molar-refractivity contribution in [2.45, 2.75) is 13.0 Å². The summed E-state index contributed by atoms with van der Waals surface area (Å²) in [6.07, 6.45) is -0.162. The van der Waals surface area contributed by atoms with E-state index in [1.165, 1.54) is 0 Å². The Balaban J connectivity index is 2.18. The Bertz CT molecular complexity index is 352. The average molecular weight is 221 g/mol. The van der Waals surface area contributed by atoms with Crippen molar-refractivity contribution in [2.75, 3.05) is 6.54 Å². The van der Waals surface area contributed by atoms with E-state index in [9.17, 15) is 4.79 Å². The molecule has 0 bridgehead atoms. The third-order valence-electron chi connectivity index (χ3n) is 1.88. The maximum atomic E-state index is 11.2. The molecule has 0 radical (unpaired) electrons. The van der Waals surface area contributed by atoms with Crippen molar-refractivity contribution in [1.29, 1.82) is 5.41 Å². The second-order valence-electron chi connectivity index (χ2n) is 3.26. The standard InChI is InChI=1S/C11H15N3O2/c12-10(13)6-7-14-11(15)16-8-9-4-2-1-3-5-9/h1-5H,6-8H2,(H3,12,13)(H,14,15). The molecular formula is C11H15N3O2. The second kappa shape index (κ2) is 6.44. The number of hydrogen-bond donors (Lipinski definition) is 3. The van der Waals surface area contributed by atoms with Gasteiger partial charge in [0, 0.05) is 13.0 Å². The van der Waals surface area contributed by atoms with Gasteiger partial charge in [-0.1, -0.05) is 30.3 Å². The Morgan fingerprint density at radius 2 is 2.06 bits per heavy atom. The van der Waals surface area contributed by atoms with Crippen molar-refractivity contribution < 1.29 is 9.53 Å². The number of benzene rings is 1. The van der Waals surface area contributed by atoms with Crippen LogP contribution in [0.25, 0.3) is 0 Å². The highest BCUT2D eigenvalue weighted by Gasteiger charge is 2.01. The van der Waals surface area contributed by atoms with Crippen LogP contribution in [0.5, 0.6) is 0 Å². The van der Waals surface area contributed by atoms with Gasteiger partial charge in [-0.25, -0.2) is 4.79 Å². The zero-order valence-electron chi connectivity index (χ0n) is 8.90. The minimum absolute atomic E-state index is 0.0448. The van der Waals surface area contributed by atoms with E-state index in [1.54, 1.807) is 0 Å². The van der Waals surface area contributed by atoms with Crippen LogP contribution in [0, 0.1) is 5.41 Å². The predicted molar refractivity (Wildman–Crippen MR) is 61.2 cm³/mol. The number of alkyl carbamates (subject to hydrolysis) is 1. The lowest BCUT2D eigenvalue weighted by molar-refractivity contribution is 0.140. The van der Waals surface area contributed by atoms with Gasteiger partial charge in [0.25, 0.3) is 0 Å². The molecule has 0 fully saturated rings. The Labute approximate surface area is 94.1 Å². The fraction of sp³-hybridized carbons (Fsp3) is 0.273. The highest BCUT2D eigenvalue weighted by Crippen LogP contribution is 2.00. The third-order valence-corrected chi connectivity index (χ3v) is 1.88. The van der Waals surface area contributed by atoms with Crippen LogP contribution in [0.2, 0.25) is 0 Å². The molecule has 0 aliphatic carbocycles. The molecular weight excluding hydrogens is 206 g/mol. The predicted octanol–water partition coefficient (Wildman–Crippen LogP) is 1.24. The molecule has 0 heterocycles. The highest BCUT2D eigenvalue weighted by atomic mass is 16.5. The molecule has 0 atom stereocenters. The van der Waals surface area contributed by atoms with Gasteiger partial charge in [0.05, 0.1) is 5.84 Å². The van der Waals surface area contributed by atoms with E-state index in [-0.39, 0.29) is 12.4 Å². The normalized spacial score (nSPS) is 9.50. The molecule has 16 heavy (non-hydrogen) atoms. The van der Waals surface area contributed by atoms with Crippen molar-refractivity contribution in [1.82, 2.24) is 5.32 Å². The molecule has 0 aromatic heterocycles. The van der Waals surface area contributed by atoms with Crippen LogP contribution in [0.15, 0.2) is 30.3 Å². The zero-order valence-corrected chi connectivity index (χ0v) is 8.90. The van der Waals surface area contributed by atoms with Gasteiger partial charge < -0.3 is 15.8 Å². The first kappa shape index (κ1) is 12.0. The number of amides is 1. The Morgan fingerprint density at radius 1 is 1.38 bits per heavy atom. The van der Waals surface area contributed by atoms with Crippen molar-refractivity contribution in [2.24, 2.45) is 5.73 Å². The number of amidine groups is 1. The molecule has 0 aliphatic heterocycles. The maximum absolute atomic E-state index is 11.2. The second-order valence-corrected chi connectivity index (χ2v) is 3.26. The van der Waals surface area contributed by atoms with Gasteiger partial charge in [-0.05, 0) is 5.56 Å². The molecule has 1 amide bonds. The monoisotopic (exact) mass is 221 g/mol. The quantitative estimate of drug-likeness (QED) is 0.516. The largest absolute Gasteiger partial charge is 0.445 e. The first-order valence-corrected chi connectivity index (χ1v) is 4.96. The van der Waals surface area contributed by atoms with Crippen LogP contribution >= 0.6 is 0 Å². The summed E-state index contributed by atoms with van der Waals surface area (Å²) < 4.78 is 4.95. The first-order chi connectivity index (χ1) is 7.68. The Morgan fingerprint density at radius 3 is 2.69 bits per heavy atom. The molecule has 1 aromatic rings. The van der Waals surface area contributed by atoms with Crippen molar-refractivity contribution in [3.05, 3.63) is 35.9 Å². The summed E-state index contributed by atoms with van der Waals surface area (Å²) in [5.41, 5.74) is 6.07.